The maximum atomic E-state index is 12.8. The van der Waals surface area contributed by atoms with E-state index in [1.54, 1.807) is 24.3 Å². The van der Waals surface area contributed by atoms with Crippen LogP contribution in [0.2, 0.25) is 0 Å². The lowest BCUT2D eigenvalue weighted by atomic mass is 10.0. The summed E-state index contributed by atoms with van der Waals surface area (Å²) in [7, 11) is 1.35. The average molecular weight is 369 g/mol. The highest BCUT2D eigenvalue weighted by molar-refractivity contribution is 7.99. The van der Waals surface area contributed by atoms with Gasteiger partial charge in [-0.15, -0.1) is 0 Å². The molecule has 0 radical (unpaired) electrons. The zero-order valence-electron chi connectivity index (χ0n) is 15.1. The van der Waals surface area contributed by atoms with Crippen molar-refractivity contribution < 1.29 is 14.3 Å². The van der Waals surface area contributed by atoms with E-state index in [4.69, 9.17) is 4.74 Å². The maximum absolute atomic E-state index is 12.8. The van der Waals surface area contributed by atoms with Crippen molar-refractivity contribution in [2.24, 2.45) is 0 Å². The van der Waals surface area contributed by atoms with Crippen LogP contribution in [0.5, 0.6) is 0 Å². The summed E-state index contributed by atoms with van der Waals surface area (Å²) < 4.78 is 4.70. The van der Waals surface area contributed by atoms with E-state index in [-0.39, 0.29) is 5.91 Å². The van der Waals surface area contributed by atoms with Gasteiger partial charge in [0.2, 0.25) is 0 Å². The van der Waals surface area contributed by atoms with Crippen LogP contribution in [0.4, 0.5) is 0 Å². The van der Waals surface area contributed by atoms with Crippen LogP contribution in [0.1, 0.15) is 43.5 Å². The van der Waals surface area contributed by atoms with E-state index in [1.807, 2.05) is 16.7 Å². The van der Waals surface area contributed by atoms with Crippen molar-refractivity contribution in [1.29, 1.82) is 0 Å². The van der Waals surface area contributed by atoms with Gasteiger partial charge in [0.1, 0.15) is 0 Å². The smallest absolute Gasteiger partial charge is 0.337 e. The van der Waals surface area contributed by atoms with Crippen LogP contribution in [0.25, 0.3) is 0 Å². The van der Waals surface area contributed by atoms with Crippen LogP contribution in [0.15, 0.2) is 48.5 Å². The Morgan fingerprint density at radius 2 is 1.73 bits per heavy atom. The second-order valence-corrected chi connectivity index (χ2v) is 7.68. The van der Waals surface area contributed by atoms with Crippen molar-refractivity contribution >= 4 is 23.6 Å². The molecule has 1 unspecified atom stereocenters. The summed E-state index contributed by atoms with van der Waals surface area (Å²) in [5.74, 6) is 0.550. The summed E-state index contributed by atoms with van der Waals surface area (Å²) in [6.07, 6.45) is 0.946. The molecule has 136 valence electrons. The summed E-state index contributed by atoms with van der Waals surface area (Å²) in [5, 5.41) is 0.427. The number of aryl methyl sites for hydroxylation is 1. The number of benzene rings is 2. The molecule has 2 aromatic carbocycles. The normalized spacial score (nSPS) is 17.5. The first kappa shape index (κ1) is 18.5. The second kappa shape index (κ2) is 8.41. The van der Waals surface area contributed by atoms with Gasteiger partial charge in [0, 0.05) is 29.7 Å². The first-order chi connectivity index (χ1) is 12.6. The Kier molecular flexibility index (Phi) is 5.99. The third-order valence-electron chi connectivity index (χ3n) is 4.72. The van der Waals surface area contributed by atoms with E-state index in [1.165, 1.54) is 18.2 Å². The van der Waals surface area contributed by atoms with Gasteiger partial charge in [0.05, 0.1) is 12.7 Å². The topological polar surface area (TPSA) is 46.6 Å². The quantitative estimate of drug-likeness (QED) is 0.764. The lowest BCUT2D eigenvalue weighted by molar-refractivity contribution is 0.0599. The van der Waals surface area contributed by atoms with E-state index in [0.29, 0.717) is 16.4 Å². The standard InChI is InChI=1S/C21H23NO3S/c1-15-5-3-4-6-18(15)19-11-12-22(13-14-26-19)20(23)16-7-9-17(10-8-16)21(24)25-2/h3-10,19H,11-14H2,1-2H3. The predicted molar refractivity (Wildman–Crippen MR) is 105 cm³/mol. The zero-order valence-corrected chi connectivity index (χ0v) is 15.9. The minimum absolute atomic E-state index is 0.0208. The van der Waals surface area contributed by atoms with Gasteiger partial charge in [0.15, 0.2) is 0 Å². The fraction of sp³-hybridized carbons (Fsp3) is 0.333. The molecular formula is C21H23NO3S. The molecule has 0 N–H and O–H groups in total. The number of ether oxygens (including phenoxy) is 1. The van der Waals surface area contributed by atoms with Crippen molar-refractivity contribution in [3.05, 3.63) is 70.8 Å². The van der Waals surface area contributed by atoms with Gasteiger partial charge in [-0.05, 0) is 48.7 Å². The Balaban J connectivity index is 1.68. The molecule has 3 rings (SSSR count). The third-order valence-corrected chi connectivity index (χ3v) is 6.03. The molecule has 2 aromatic rings. The van der Waals surface area contributed by atoms with E-state index in [2.05, 4.69) is 31.2 Å². The molecule has 1 saturated heterocycles. The average Bonchev–Trinajstić information content (AvgIpc) is 2.93. The summed E-state index contributed by atoms with van der Waals surface area (Å²) >= 11 is 1.92. The summed E-state index contributed by atoms with van der Waals surface area (Å²) in [6, 6.07) is 15.2. The minimum Gasteiger partial charge on any atom is -0.465 e. The number of amides is 1. The molecule has 1 amide bonds. The molecule has 1 fully saturated rings. The van der Waals surface area contributed by atoms with Crippen LogP contribution < -0.4 is 0 Å². The van der Waals surface area contributed by atoms with Crippen LogP contribution in [0.3, 0.4) is 0 Å². The van der Waals surface area contributed by atoms with Gasteiger partial charge in [-0.2, -0.15) is 11.8 Å². The molecule has 26 heavy (non-hydrogen) atoms. The number of carbonyl (C=O) groups excluding carboxylic acids is 2. The first-order valence-electron chi connectivity index (χ1n) is 8.75. The monoisotopic (exact) mass is 369 g/mol. The molecule has 1 atom stereocenters. The summed E-state index contributed by atoms with van der Waals surface area (Å²) in [4.78, 5) is 26.2. The Morgan fingerprint density at radius 1 is 1.04 bits per heavy atom. The van der Waals surface area contributed by atoms with E-state index < -0.39 is 5.97 Å². The second-order valence-electron chi connectivity index (χ2n) is 6.37. The van der Waals surface area contributed by atoms with Crippen molar-refractivity contribution in [2.45, 2.75) is 18.6 Å². The molecule has 1 aliphatic heterocycles. The van der Waals surface area contributed by atoms with Crippen molar-refractivity contribution in [2.75, 3.05) is 26.0 Å². The number of thioether (sulfide) groups is 1. The summed E-state index contributed by atoms with van der Waals surface area (Å²) in [5.41, 5.74) is 3.74. The SMILES string of the molecule is COC(=O)c1ccc(C(=O)N2CCSC(c3ccccc3C)CC2)cc1. The molecule has 0 aromatic heterocycles. The van der Waals surface area contributed by atoms with Crippen LogP contribution in [-0.4, -0.2) is 42.7 Å². The molecule has 0 bridgehead atoms. The van der Waals surface area contributed by atoms with Crippen LogP contribution >= 0.6 is 11.8 Å². The number of carbonyl (C=O) groups is 2. The Bertz CT molecular complexity index is 788. The number of esters is 1. The number of hydrogen-bond acceptors (Lipinski definition) is 4. The minimum atomic E-state index is -0.392. The van der Waals surface area contributed by atoms with E-state index in [0.717, 1.165) is 25.3 Å². The van der Waals surface area contributed by atoms with Crippen LogP contribution in [-0.2, 0) is 4.74 Å². The molecule has 0 saturated carbocycles. The molecule has 0 spiro atoms. The third kappa shape index (κ3) is 4.10. The predicted octanol–water partition coefficient (Wildman–Crippen LogP) is 4.10. The van der Waals surface area contributed by atoms with Crippen molar-refractivity contribution in [3.63, 3.8) is 0 Å². The maximum Gasteiger partial charge on any atom is 0.337 e. The molecular weight excluding hydrogens is 346 g/mol. The van der Waals surface area contributed by atoms with Gasteiger partial charge in [-0.1, -0.05) is 24.3 Å². The van der Waals surface area contributed by atoms with Gasteiger partial charge < -0.3 is 9.64 Å². The van der Waals surface area contributed by atoms with Crippen molar-refractivity contribution in [3.8, 4) is 0 Å². The number of methoxy groups -OCH3 is 1. The number of rotatable bonds is 3. The largest absolute Gasteiger partial charge is 0.465 e. The highest BCUT2D eigenvalue weighted by Crippen LogP contribution is 2.36. The van der Waals surface area contributed by atoms with Gasteiger partial charge in [0.25, 0.3) is 5.91 Å². The first-order valence-corrected chi connectivity index (χ1v) is 9.80. The highest BCUT2D eigenvalue weighted by atomic mass is 32.2. The zero-order chi connectivity index (χ0) is 18.5. The van der Waals surface area contributed by atoms with E-state index in [9.17, 15) is 9.59 Å². The van der Waals surface area contributed by atoms with E-state index >= 15 is 0 Å². The van der Waals surface area contributed by atoms with Gasteiger partial charge >= 0.3 is 5.97 Å². The Morgan fingerprint density at radius 3 is 2.42 bits per heavy atom. The molecule has 1 heterocycles. The highest BCUT2D eigenvalue weighted by Gasteiger charge is 2.23. The molecule has 1 aliphatic rings. The molecule has 0 aliphatic carbocycles. The fourth-order valence-electron chi connectivity index (χ4n) is 3.22. The van der Waals surface area contributed by atoms with Crippen LogP contribution in [0, 0.1) is 6.92 Å². The lowest BCUT2D eigenvalue weighted by Crippen LogP contribution is -2.33. The molecule has 4 nitrogen and oxygen atoms in total. The number of nitrogens with zero attached hydrogens (tertiary/aromatic N) is 1. The Labute approximate surface area is 158 Å². The van der Waals surface area contributed by atoms with Gasteiger partial charge in [-0.25, -0.2) is 4.79 Å². The number of hydrogen-bond donors (Lipinski definition) is 0. The molecule has 5 heteroatoms. The van der Waals surface area contributed by atoms with Crippen molar-refractivity contribution in [1.82, 2.24) is 4.90 Å². The lowest BCUT2D eigenvalue weighted by Gasteiger charge is -2.21. The summed E-state index contributed by atoms with van der Waals surface area (Å²) in [6.45, 7) is 3.63. The fourth-order valence-corrected chi connectivity index (χ4v) is 4.55. The van der Waals surface area contributed by atoms with Gasteiger partial charge in [-0.3, -0.25) is 4.79 Å². The Hall–Kier alpha value is -2.27.